The summed E-state index contributed by atoms with van der Waals surface area (Å²) in [6.07, 6.45) is 6.89. The summed E-state index contributed by atoms with van der Waals surface area (Å²) in [6.45, 7) is 2.95. The van der Waals surface area contributed by atoms with E-state index in [1.54, 1.807) is 11.0 Å². The van der Waals surface area contributed by atoms with Crippen LogP contribution in [0.3, 0.4) is 0 Å². The quantitative estimate of drug-likeness (QED) is 0.722. The molecule has 0 radical (unpaired) electrons. The molecule has 3 rings (SSSR count). The van der Waals surface area contributed by atoms with Crippen molar-refractivity contribution in [1.29, 1.82) is 0 Å². The van der Waals surface area contributed by atoms with Gasteiger partial charge in [-0.3, -0.25) is 0 Å². The topological polar surface area (TPSA) is 67.7 Å². The number of nitrogens with zero attached hydrogens (tertiary/aromatic N) is 4. The first-order chi connectivity index (χ1) is 7.89. The largest absolute Gasteiger partial charge is 0.312 e. The van der Waals surface area contributed by atoms with Crippen molar-refractivity contribution in [3.63, 3.8) is 0 Å². The smallest absolute Gasteiger partial charge is 0.138 e. The van der Waals surface area contributed by atoms with Crippen LogP contribution >= 0.6 is 0 Å². The maximum Gasteiger partial charge on any atom is 0.138 e. The maximum atomic E-state index is 3.86. The molecule has 1 aromatic heterocycles. The number of nitrogens with one attached hydrogen (secondary N) is 2. The molecule has 16 heavy (non-hydrogen) atoms. The van der Waals surface area contributed by atoms with Crippen molar-refractivity contribution in [2.45, 2.75) is 43.8 Å². The van der Waals surface area contributed by atoms with Crippen LogP contribution in [0.1, 0.15) is 25.7 Å². The molecule has 1 aliphatic heterocycles. The highest BCUT2D eigenvalue weighted by Crippen LogP contribution is 2.36. The van der Waals surface area contributed by atoms with Gasteiger partial charge in [-0.1, -0.05) is 0 Å². The zero-order valence-corrected chi connectivity index (χ0v) is 9.39. The van der Waals surface area contributed by atoms with Crippen molar-refractivity contribution in [3.8, 4) is 0 Å². The first-order valence-corrected chi connectivity index (χ1v) is 6.08. The van der Waals surface area contributed by atoms with Crippen LogP contribution in [0.2, 0.25) is 0 Å². The van der Waals surface area contributed by atoms with Crippen LogP contribution in [0.15, 0.2) is 6.33 Å². The lowest BCUT2D eigenvalue weighted by molar-refractivity contribution is 0.312. The Balaban J connectivity index is 1.54. The van der Waals surface area contributed by atoms with Gasteiger partial charge in [0.15, 0.2) is 0 Å². The Bertz CT molecular complexity index is 325. The molecule has 0 amide bonds. The molecule has 0 aromatic carbocycles. The van der Waals surface area contributed by atoms with E-state index in [1.165, 1.54) is 25.7 Å². The second-order valence-electron chi connectivity index (χ2n) is 4.80. The van der Waals surface area contributed by atoms with Crippen LogP contribution in [0.4, 0.5) is 0 Å². The van der Waals surface area contributed by atoms with Crippen molar-refractivity contribution in [3.05, 3.63) is 6.33 Å². The highest BCUT2D eigenvalue weighted by molar-refractivity contribution is 5.07. The minimum atomic E-state index is 0.355. The molecule has 2 fully saturated rings. The van der Waals surface area contributed by atoms with Gasteiger partial charge < -0.3 is 10.6 Å². The van der Waals surface area contributed by atoms with Gasteiger partial charge in [-0.25, -0.2) is 4.68 Å². The van der Waals surface area contributed by atoms with Crippen molar-refractivity contribution in [2.24, 2.45) is 0 Å². The minimum absolute atomic E-state index is 0.355. The van der Waals surface area contributed by atoms with Crippen LogP contribution in [0.25, 0.3) is 0 Å². The first kappa shape index (κ1) is 10.2. The van der Waals surface area contributed by atoms with E-state index in [1.807, 2.05) is 0 Å². The van der Waals surface area contributed by atoms with E-state index < -0.39 is 0 Å². The monoisotopic (exact) mass is 222 g/mol. The Hall–Kier alpha value is -1.01. The molecule has 2 atom stereocenters. The van der Waals surface area contributed by atoms with E-state index in [0.29, 0.717) is 11.6 Å². The maximum absolute atomic E-state index is 3.86. The Morgan fingerprint density at radius 1 is 1.50 bits per heavy atom. The normalized spacial score (nSPS) is 33.1. The Morgan fingerprint density at radius 3 is 3.38 bits per heavy atom. The zero-order chi connectivity index (χ0) is 10.8. The molecule has 1 saturated carbocycles. The molecule has 0 spiro atoms. The summed E-state index contributed by atoms with van der Waals surface area (Å²) in [5, 5.41) is 18.4. The van der Waals surface area contributed by atoms with Gasteiger partial charge in [-0.2, -0.15) is 0 Å². The van der Waals surface area contributed by atoms with Gasteiger partial charge >= 0.3 is 0 Å². The van der Waals surface area contributed by atoms with Gasteiger partial charge in [0.25, 0.3) is 0 Å². The number of tetrazole rings is 1. The molecular formula is C10H18N6. The molecule has 6 nitrogen and oxygen atoms in total. The van der Waals surface area contributed by atoms with Crippen molar-refractivity contribution in [2.75, 3.05) is 13.1 Å². The fourth-order valence-electron chi connectivity index (χ4n) is 3.14. The highest BCUT2D eigenvalue weighted by atomic mass is 15.5. The van der Waals surface area contributed by atoms with Crippen LogP contribution < -0.4 is 10.6 Å². The third kappa shape index (κ3) is 1.72. The average molecular weight is 222 g/mol. The number of aromatic nitrogens is 4. The van der Waals surface area contributed by atoms with Gasteiger partial charge in [-0.15, -0.1) is 5.10 Å². The van der Waals surface area contributed by atoms with Crippen molar-refractivity contribution >= 4 is 0 Å². The van der Waals surface area contributed by atoms with Gasteiger partial charge in [0.1, 0.15) is 6.33 Å². The van der Waals surface area contributed by atoms with Gasteiger partial charge in [0.2, 0.25) is 0 Å². The predicted molar refractivity (Wildman–Crippen MR) is 58.8 cm³/mol. The molecule has 1 aliphatic carbocycles. The fourth-order valence-corrected chi connectivity index (χ4v) is 3.14. The first-order valence-electron chi connectivity index (χ1n) is 6.08. The number of hydrogen-bond donors (Lipinski definition) is 2. The molecule has 88 valence electrons. The summed E-state index contributed by atoms with van der Waals surface area (Å²) in [5.41, 5.74) is 0.355. The Morgan fingerprint density at radius 2 is 2.50 bits per heavy atom. The molecule has 2 N–H and O–H groups in total. The average Bonchev–Trinajstić information content (AvgIpc) is 2.91. The summed E-state index contributed by atoms with van der Waals surface area (Å²) < 4.78 is 1.77. The Kier molecular flexibility index (Phi) is 2.61. The summed E-state index contributed by atoms with van der Waals surface area (Å²) >= 11 is 0. The molecule has 2 aliphatic rings. The van der Waals surface area contributed by atoms with E-state index >= 15 is 0 Å². The Labute approximate surface area is 94.8 Å². The summed E-state index contributed by atoms with van der Waals surface area (Å²) in [7, 11) is 0. The second-order valence-corrected chi connectivity index (χ2v) is 4.80. The van der Waals surface area contributed by atoms with E-state index in [-0.39, 0.29) is 0 Å². The third-order valence-electron chi connectivity index (χ3n) is 3.95. The molecule has 6 heteroatoms. The van der Waals surface area contributed by atoms with Crippen LogP contribution in [0.5, 0.6) is 0 Å². The number of rotatable bonds is 4. The molecular weight excluding hydrogens is 204 g/mol. The number of fused-ring (bicyclic) bond motifs is 1. The SMILES string of the molecule is c1nnnn1CCNC12CCCC1NCC2. The molecule has 1 saturated heterocycles. The van der Waals surface area contributed by atoms with Gasteiger partial charge in [-0.05, 0) is 42.7 Å². The van der Waals surface area contributed by atoms with Crippen molar-refractivity contribution < 1.29 is 0 Å². The fraction of sp³-hybridized carbons (Fsp3) is 0.900. The van der Waals surface area contributed by atoms with Gasteiger partial charge in [0, 0.05) is 18.1 Å². The lowest BCUT2D eigenvalue weighted by Gasteiger charge is -2.30. The molecule has 2 heterocycles. The van der Waals surface area contributed by atoms with E-state index in [9.17, 15) is 0 Å². The highest BCUT2D eigenvalue weighted by Gasteiger charge is 2.45. The predicted octanol–water partition coefficient (Wildman–Crippen LogP) is -0.453. The van der Waals surface area contributed by atoms with Crippen LogP contribution in [0, 0.1) is 0 Å². The standard InChI is InChI=1S/C10H18N6/c1-2-9-10(3-1,4-5-11-9)12-6-7-16-8-13-14-15-16/h8-9,11-12H,1-7H2. The number of hydrogen-bond acceptors (Lipinski definition) is 5. The van der Waals surface area contributed by atoms with E-state index in [0.717, 1.165) is 19.6 Å². The molecule has 2 unspecified atom stereocenters. The lowest BCUT2D eigenvalue weighted by atomic mass is 9.93. The second kappa shape index (κ2) is 4.10. The van der Waals surface area contributed by atoms with Gasteiger partial charge in [0.05, 0.1) is 6.54 Å². The lowest BCUT2D eigenvalue weighted by Crippen LogP contribution is -2.51. The summed E-state index contributed by atoms with van der Waals surface area (Å²) in [6, 6.07) is 0.682. The van der Waals surface area contributed by atoms with Crippen LogP contribution in [-0.2, 0) is 6.54 Å². The van der Waals surface area contributed by atoms with Crippen LogP contribution in [-0.4, -0.2) is 44.9 Å². The van der Waals surface area contributed by atoms with E-state index in [2.05, 4.69) is 26.2 Å². The molecule has 0 bridgehead atoms. The molecule has 1 aromatic rings. The third-order valence-corrected chi connectivity index (χ3v) is 3.95. The summed E-state index contributed by atoms with van der Waals surface area (Å²) in [4.78, 5) is 0. The summed E-state index contributed by atoms with van der Waals surface area (Å²) in [5.74, 6) is 0. The zero-order valence-electron chi connectivity index (χ0n) is 9.39. The van der Waals surface area contributed by atoms with E-state index in [4.69, 9.17) is 0 Å². The minimum Gasteiger partial charge on any atom is -0.312 e. The van der Waals surface area contributed by atoms with Crippen molar-refractivity contribution in [1.82, 2.24) is 30.8 Å².